The Hall–Kier alpha value is -2.96. The zero-order valence-corrected chi connectivity index (χ0v) is 18.7. The lowest BCUT2D eigenvalue weighted by atomic mass is 10.1. The van der Waals surface area contributed by atoms with Crippen LogP contribution in [0.25, 0.3) is 6.08 Å². The SMILES string of the molecule is CSc1ccc(CCNC(=O)c2ccc3c(c2)NC(=O)/C(=C/c2ccccc2)S3)cc1. The Morgan fingerprint density at radius 2 is 1.84 bits per heavy atom. The molecule has 0 atom stereocenters. The van der Waals surface area contributed by atoms with Gasteiger partial charge in [-0.3, -0.25) is 9.59 Å². The van der Waals surface area contributed by atoms with Crippen LogP contribution >= 0.6 is 23.5 Å². The Labute approximate surface area is 190 Å². The van der Waals surface area contributed by atoms with Crippen molar-refractivity contribution < 1.29 is 9.59 Å². The maximum absolute atomic E-state index is 12.6. The molecule has 0 aromatic heterocycles. The van der Waals surface area contributed by atoms with Crippen LogP contribution in [0.5, 0.6) is 0 Å². The summed E-state index contributed by atoms with van der Waals surface area (Å²) in [5.74, 6) is -0.305. The summed E-state index contributed by atoms with van der Waals surface area (Å²) in [6.45, 7) is 0.555. The van der Waals surface area contributed by atoms with Gasteiger partial charge in [-0.2, -0.15) is 0 Å². The van der Waals surface area contributed by atoms with Crippen LogP contribution in [0.15, 0.2) is 87.5 Å². The molecule has 0 unspecified atom stereocenters. The zero-order chi connectivity index (χ0) is 21.6. The molecule has 0 aliphatic carbocycles. The molecular formula is C25H22N2O2S2. The predicted octanol–water partition coefficient (Wildman–Crippen LogP) is 5.47. The molecule has 2 amide bonds. The van der Waals surface area contributed by atoms with E-state index in [1.165, 1.54) is 22.2 Å². The topological polar surface area (TPSA) is 58.2 Å². The Balaban J connectivity index is 1.39. The van der Waals surface area contributed by atoms with Gasteiger partial charge in [-0.1, -0.05) is 54.2 Å². The van der Waals surface area contributed by atoms with Crippen molar-refractivity contribution >= 4 is 47.1 Å². The number of thioether (sulfide) groups is 2. The standard InChI is InChI=1S/C25H22N2O2S2/c1-30-20-10-7-17(8-11-20)13-14-26-24(28)19-9-12-22-21(16-19)27-25(29)23(31-22)15-18-5-3-2-4-6-18/h2-12,15-16H,13-14H2,1H3,(H,26,28)(H,27,29)/b23-15-. The predicted molar refractivity (Wildman–Crippen MR) is 130 cm³/mol. The van der Waals surface area contributed by atoms with E-state index in [0.29, 0.717) is 22.7 Å². The van der Waals surface area contributed by atoms with E-state index in [-0.39, 0.29) is 11.8 Å². The van der Waals surface area contributed by atoms with Gasteiger partial charge in [0.2, 0.25) is 0 Å². The van der Waals surface area contributed by atoms with Crippen LogP contribution < -0.4 is 10.6 Å². The molecule has 0 bridgehead atoms. The van der Waals surface area contributed by atoms with Crippen LogP contribution in [0.4, 0.5) is 5.69 Å². The fourth-order valence-electron chi connectivity index (χ4n) is 3.22. The largest absolute Gasteiger partial charge is 0.352 e. The number of fused-ring (bicyclic) bond motifs is 1. The third-order valence-corrected chi connectivity index (χ3v) is 6.73. The highest BCUT2D eigenvalue weighted by molar-refractivity contribution is 8.04. The fraction of sp³-hybridized carbons (Fsp3) is 0.120. The van der Waals surface area contributed by atoms with Gasteiger partial charge in [0.1, 0.15) is 0 Å². The molecule has 31 heavy (non-hydrogen) atoms. The fourth-order valence-corrected chi connectivity index (χ4v) is 4.56. The Bertz CT molecular complexity index is 1130. The van der Waals surface area contributed by atoms with Crippen molar-refractivity contribution in [1.82, 2.24) is 5.32 Å². The van der Waals surface area contributed by atoms with Gasteiger partial charge in [-0.05, 0) is 60.2 Å². The van der Waals surface area contributed by atoms with Gasteiger partial charge >= 0.3 is 0 Å². The molecule has 0 saturated heterocycles. The summed E-state index contributed by atoms with van der Waals surface area (Å²) in [5.41, 5.74) is 3.36. The Kier molecular flexibility index (Phi) is 6.79. The highest BCUT2D eigenvalue weighted by Gasteiger charge is 2.22. The molecule has 3 aromatic rings. The lowest BCUT2D eigenvalue weighted by molar-refractivity contribution is -0.112. The molecule has 0 spiro atoms. The van der Waals surface area contributed by atoms with Crippen molar-refractivity contribution in [3.05, 3.63) is 94.4 Å². The average molecular weight is 447 g/mol. The summed E-state index contributed by atoms with van der Waals surface area (Å²) in [5, 5.41) is 5.87. The van der Waals surface area contributed by atoms with Gasteiger partial charge in [0.25, 0.3) is 11.8 Å². The first-order chi connectivity index (χ1) is 15.1. The normalized spacial score (nSPS) is 14.1. The highest BCUT2D eigenvalue weighted by Crippen LogP contribution is 2.39. The maximum Gasteiger partial charge on any atom is 0.262 e. The molecule has 3 aromatic carbocycles. The molecule has 0 fully saturated rings. The molecule has 0 radical (unpaired) electrons. The van der Waals surface area contributed by atoms with E-state index in [1.807, 2.05) is 42.5 Å². The summed E-state index contributed by atoms with van der Waals surface area (Å²) < 4.78 is 0. The van der Waals surface area contributed by atoms with E-state index < -0.39 is 0 Å². The van der Waals surface area contributed by atoms with E-state index in [2.05, 4.69) is 41.2 Å². The molecule has 4 nitrogen and oxygen atoms in total. The van der Waals surface area contributed by atoms with Gasteiger partial charge in [0.15, 0.2) is 0 Å². The van der Waals surface area contributed by atoms with Crippen molar-refractivity contribution in [3.63, 3.8) is 0 Å². The molecule has 156 valence electrons. The van der Waals surface area contributed by atoms with Crippen molar-refractivity contribution in [2.45, 2.75) is 16.2 Å². The highest BCUT2D eigenvalue weighted by atomic mass is 32.2. The number of nitrogens with one attached hydrogen (secondary N) is 2. The summed E-state index contributed by atoms with van der Waals surface area (Å²) in [6.07, 6.45) is 4.69. The number of carbonyl (C=O) groups excluding carboxylic acids is 2. The van der Waals surface area contributed by atoms with Gasteiger partial charge < -0.3 is 10.6 Å². The summed E-state index contributed by atoms with van der Waals surface area (Å²) >= 11 is 3.12. The Morgan fingerprint density at radius 1 is 1.06 bits per heavy atom. The number of carbonyl (C=O) groups is 2. The molecule has 1 heterocycles. The summed E-state index contributed by atoms with van der Waals surface area (Å²) in [7, 11) is 0. The molecule has 6 heteroatoms. The van der Waals surface area contributed by atoms with Gasteiger partial charge in [0, 0.05) is 21.9 Å². The van der Waals surface area contributed by atoms with Crippen LogP contribution in [0.2, 0.25) is 0 Å². The monoisotopic (exact) mass is 446 g/mol. The number of hydrogen-bond donors (Lipinski definition) is 2. The minimum absolute atomic E-state index is 0.145. The minimum atomic E-state index is -0.160. The third kappa shape index (κ3) is 5.40. The number of amides is 2. The molecular weight excluding hydrogens is 424 g/mol. The van der Waals surface area contributed by atoms with Crippen LogP contribution in [0, 0.1) is 0 Å². The summed E-state index contributed by atoms with van der Waals surface area (Å²) in [4.78, 5) is 27.9. The molecule has 1 aliphatic heterocycles. The van der Waals surface area contributed by atoms with E-state index in [1.54, 1.807) is 23.9 Å². The number of hydrogen-bond acceptors (Lipinski definition) is 4. The average Bonchev–Trinajstić information content (AvgIpc) is 2.80. The van der Waals surface area contributed by atoms with Gasteiger partial charge in [-0.15, -0.1) is 11.8 Å². The molecule has 2 N–H and O–H groups in total. The van der Waals surface area contributed by atoms with E-state index >= 15 is 0 Å². The lowest BCUT2D eigenvalue weighted by Crippen LogP contribution is -2.26. The number of benzene rings is 3. The van der Waals surface area contributed by atoms with Crippen molar-refractivity contribution in [3.8, 4) is 0 Å². The first kappa shape index (κ1) is 21.3. The summed E-state index contributed by atoms with van der Waals surface area (Å²) in [6, 6.07) is 23.5. The lowest BCUT2D eigenvalue weighted by Gasteiger charge is -2.19. The molecule has 0 saturated carbocycles. The first-order valence-electron chi connectivity index (χ1n) is 9.93. The van der Waals surface area contributed by atoms with Gasteiger partial charge in [-0.25, -0.2) is 0 Å². The van der Waals surface area contributed by atoms with Crippen LogP contribution in [0.1, 0.15) is 21.5 Å². The molecule has 4 rings (SSSR count). The Morgan fingerprint density at radius 3 is 2.58 bits per heavy atom. The number of rotatable bonds is 6. The van der Waals surface area contributed by atoms with E-state index in [4.69, 9.17) is 0 Å². The second kappa shape index (κ2) is 9.90. The third-order valence-electron chi connectivity index (χ3n) is 4.89. The van der Waals surface area contributed by atoms with Gasteiger partial charge in [0.05, 0.1) is 10.6 Å². The van der Waals surface area contributed by atoms with Crippen molar-refractivity contribution in [2.75, 3.05) is 18.1 Å². The zero-order valence-electron chi connectivity index (χ0n) is 17.1. The maximum atomic E-state index is 12.6. The second-order valence-electron chi connectivity index (χ2n) is 7.04. The van der Waals surface area contributed by atoms with Crippen molar-refractivity contribution in [1.29, 1.82) is 0 Å². The second-order valence-corrected chi connectivity index (χ2v) is 9.00. The van der Waals surface area contributed by atoms with E-state index in [9.17, 15) is 9.59 Å². The van der Waals surface area contributed by atoms with Crippen LogP contribution in [-0.4, -0.2) is 24.6 Å². The smallest absolute Gasteiger partial charge is 0.262 e. The quantitative estimate of drug-likeness (QED) is 0.390. The molecule has 1 aliphatic rings. The van der Waals surface area contributed by atoms with Crippen LogP contribution in [0.3, 0.4) is 0 Å². The van der Waals surface area contributed by atoms with E-state index in [0.717, 1.165) is 16.9 Å². The van der Waals surface area contributed by atoms with Crippen molar-refractivity contribution in [2.24, 2.45) is 0 Å². The minimum Gasteiger partial charge on any atom is -0.352 e. The first-order valence-corrected chi connectivity index (χ1v) is 12.0. The van der Waals surface area contributed by atoms with Crippen LogP contribution in [-0.2, 0) is 11.2 Å². The number of anilines is 1.